The van der Waals surface area contributed by atoms with Crippen molar-refractivity contribution in [3.8, 4) is 0 Å². The molecule has 1 heterocycles. The number of hydrogen-bond donors (Lipinski definition) is 1. The predicted molar refractivity (Wildman–Crippen MR) is 73.6 cm³/mol. The van der Waals surface area contributed by atoms with Gasteiger partial charge in [-0.25, -0.2) is 9.48 Å². The summed E-state index contributed by atoms with van der Waals surface area (Å²) in [6, 6.07) is 7.29. The van der Waals surface area contributed by atoms with Crippen LogP contribution in [0.2, 0.25) is 5.02 Å². The van der Waals surface area contributed by atoms with E-state index >= 15 is 0 Å². The molecule has 2 aromatic rings. The molecule has 0 aliphatic heterocycles. The molecule has 1 aromatic carbocycles. The lowest BCUT2D eigenvalue weighted by Gasteiger charge is -2.24. The molecule has 0 fully saturated rings. The first-order chi connectivity index (χ1) is 9.47. The Morgan fingerprint density at radius 1 is 1.40 bits per heavy atom. The Hall–Kier alpha value is -1.95. The van der Waals surface area contributed by atoms with Crippen LogP contribution in [0.3, 0.4) is 0 Å². The normalized spacial score (nSPS) is 13.9. The van der Waals surface area contributed by atoms with Crippen LogP contribution in [0, 0.1) is 0 Å². The Kier molecular flexibility index (Phi) is 4.04. The molecule has 106 valence electrons. The zero-order chi connectivity index (χ0) is 14.8. The van der Waals surface area contributed by atoms with Crippen LogP contribution < -0.4 is 0 Å². The molecular formula is C13H15ClN4O2. The first kappa shape index (κ1) is 14.5. The van der Waals surface area contributed by atoms with Crippen molar-refractivity contribution >= 4 is 17.6 Å². The van der Waals surface area contributed by atoms with E-state index in [0.717, 1.165) is 5.56 Å². The molecule has 0 saturated heterocycles. The van der Waals surface area contributed by atoms with Crippen molar-refractivity contribution in [2.45, 2.75) is 32.2 Å². The van der Waals surface area contributed by atoms with Crippen LogP contribution in [-0.2, 0) is 16.8 Å². The fourth-order valence-electron chi connectivity index (χ4n) is 1.88. The summed E-state index contributed by atoms with van der Waals surface area (Å²) in [6.45, 7) is 3.40. The van der Waals surface area contributed by atoms with E-state index in [1.54, 1.807) is 26.0 Å². The second kappa shape index (κ2) is 5.58. The lowest BCUT2D eigenvalue weighted by Crippen LogP contribution is -2.40. The average molecular weight is 295 g/mol. The van der Waals surface area contributed by atoms with Crippen LogP contribution >= 0.6 is 11.6 Å². The Balaban J connectivity index is 2.33. The monoisotopic (exact) mass is 294 g/mol. The maximum absolute atomic E-state index is 11.5. The highest BCUT2D eigenvalue weighted by Gasteiger charge is 2.36. The van der Waals surface area contributed by atoms with Gasteiger partial charge in [-0.2, -0.15) is 0 Å². The summed E-state index contributed by atoms with van der Waals surface area (Å²) in [6.07, 6.45) is 0.841. The zero-order valence-electron chi connectivity index (χ0n) is 11.2. The van der Waals surface area contributed by atoms with Crippen molar-refractivity contribution in [2.24, 2.45) is 0 Å². The van der Waals surface area contributed by atoms with Gasteiger partial charge in [0, 0.05) is 11.4 Å². The lowest BCUT2D eigenvalue weighted by molar-refractivity contribution is -0.147. The van der Waals surface area contributed by atoms with E-state index in [1.165, 1.54) is 4.68 Å². The maximum atomic E-state index is 11.5. The number of aromatic nitrogens is 4. The average Bonchev–Trinajstić information content (AvgIpc) is 2.89. The standard InChI is InChI=1S/C13H15ClN4O2/c1-3-13(2,12(19)20)18-11(15-16-17-18)8-9-4-6-10(14)7-5-9/h4-7H,3,8H2,1-2H3,(H,19,20). The van der Waals surface area contributed by atoms with Crippen molar-refractivity contribution in [3.05, 3.63) is 40.7 Å². The molecule has 0 aliphatic carbocycles. The van der Waals surface area contributed by atoms with Crippen LogP contribution in [-0.4, -0.2) is 31.3 Å². The Labute approximate surface area is 121 Å². The summed E-state index contributed by atoms with van der Waals surface area (Å²) >= 11 is 5.84. The van der Waals surface area contributed by atoms with Crippen LogP contribution in [0.5, 0.6) is 0 Å². The van der Waals surface area contributed by atoms with Gasteiger partial charge in [-0.1, -0.05) is 30.7 Å². The number of tetrazole rings is 1. The minimum atomic E-state index is -1.15. The highest BCUT2D eigenvalue weighted by molar-refractivity contribution is 6.30. The second-order valence-corrected chi connectivity index (χ2v) is 5.18. The fourth-order valence-corrected chi connectivity index (χ4v) is 2.00. The van der Waals surface area contributed by atoms with Crippen molar-refractivity contribution in [1.29, 1.82) is 0 Å². The molecule has 2 rings (SSSR count). The quantitative estimate of drug-likeness (QED) is 0.913. The molecule has 0 bridgehead atoms. The second-order valence-electron chi connectivity index (χ2n) is 4.74. The van der Waals surface area contributed by atoms with Gasteiger partial charge in [-0.05, 0) is 41.5 Å². The first-order valence-corrected chi connectivity index (χ1v) is 6.60. The molecule has 0 aliphatic rings. The third-order valence-electron chi connectivity index (χ3n) is 3.43. The number of aliphatic carboxylic acids is 1. The van der Waals surface area contributed by atoms with E-state index in [2.05, 4.69) is 15.5 Å². The number of carboxylic acid groups (broad SMARTS) is 1. The summed E-state index contributed by atoms with van der Waals surface area (Å²) in [5, 5.41) is 21.4. The minimum absolute atomic E-state index is 0.390. The largest absolute Gasteiger partial charge is 0.479 e. The summed E-state index contributed by atoms with van der Waals surface area (Å²) in [5.41, 5.74) is -0.181. The predicted octanol–water partition coefficient (Wildman–Crippen LogP) is 2.13. The Morgan fingerprint density at radius 2 is 2.05 bits per heavy atom. The van der Waals surface area contributed by atoms with Crippen molar-refractivity contribution in [1.82, 2.24) is 20.2 Å². The minimum Gasteiger partial charge on any atom is -0.479 e. The summed E-state index contributed by atoms with van der Waals surface area (Å²) in [4.78, 5) is 11.5. The molecule has 20 heavy (non-hydrogen) atoms. The van der Waals surface area contributed by atoms with Gasteiger partial charge in [-0.3, -0.25) is 0 Å². The summed E-state index contributed by atoms with van der Waals surface area (Å²) in [7, 11) is 0. The van der Waals surface area contributed by atoms with E-state index in [4.69, 9.17) is 11.6 Å². The Morgan fingerprint density at radius 3 is 2.60 bits per heavy atom. The highest BCUT2D eigenvalue weighted by atomic mass is 35.5. The van der Waals surface area contributed by atoms with E-state index in [-0.39, 0.29) is 0 Å². The maximum Gasteiger partial charge on any atom is 0.331 e. The number of carbonyl (C=O) groups is 1. The fraction of sp³-hybridized carbons (Fsp3) is 0.385. The molecule has 0 amide bonds. The smallest absolute Gasteiger partial charge is 0.331 e. The summed E-state index contributed by atoms with van der Waals surface area (Å²) in [5.74, 6) is -0.441. The van der Waals surface area contributed by atoms with Crippen LogP contribution in [0.25, 0.3) is 0 Å². The van der Waals surface area contributed by atoms with E-state index in [0.29, 0.717) is 23.7 Å². The Bertz CT molecular complexity index is 611. The van der Waals surface area contributed by atoms with E-state index in [1.807, 2.05) is 12.1 Å². The van der Waals surface area contributed by atoms with Crippen LogP contribution in [0.15, 0.2) is 24.3 Å². The van der Waals surface area contributed by atoms with Crippen molar-refractivity contribution in [2.75, 3.05) is 0 Å². The van der Waals surface area contributed by atoms with Gasteiger partial charge < -0.3 is 5.11 Å². The number of halogens is 1. The van der Waals surface area contributed by atoms with Crippen molar-refractivity contribution < 1.29 is 9.90 Å². The zero-order valence-corrected chi connectivity index (χ0v) is 12.0. The number of benzene rings is 1. The number of rotatable bonds is 5. The van der Waals surface area contributed by atoms with E-state index in [9.17, 15) is 9.90 Å². The topological polar surface area (TPSA) is 80.9 Å². The van der Waals surface area contributed by atoms with Gasteiger partial charge in [0.2, 0.25) is 0 Å². The first-order valence-electron chi connectivity index (χ1n) is 6.23. The molecular weight excluding hydrogens is 280 g/mol. The van der Waals surface area contributed by atoms with Gasteiger partial charge in [-0.15, -0.1) is 5.10 Å². The van der Waals surface area contributed by atoms with E-state index < -0.39 is 11.5 Å². The molecule has 1 atom stereocenters. The number of carboxylic acids is 1. The molecule has 6 nitrogen and oxygen atoms in total. The molecule has 1 aromatic heterocycles. The third kappa shape index (κ3) is 2.65. The van der Waals surface area contributed by atoms with Gasteiger partial charge in [0.25, 0.3) is 0 Å². The number of nitrogens with zero attached hydrogens (tertiary/aromatic N) is 4. The molecule has 0 spiro atoms. The molecule has 1 N–H and O–H groups in total. The molecule has 0 saturated carbocycles. The third-order valence-corrected chi connectivity index (χ3v) is 3.68. The van der Waals surface area contributed by atoms with Crippen LogP contribution in [0.4, 0.5) is 0 Å². The van der Waals surface area contributed by atoms with Crippen LogP contribution in [0.1, 0.15) is 31.7 Å². The summed E-state index contributed by atoms with van der Waals surface area (Å²) < 4.78 is 1.38. The number of hydrogen-bond acceptors (Lipinski definition) is 4. The van der Waals surface area contributed by atoms with Gasteiger partial charge in [0.15, 0.2) is 11.4 Å². The van der Waals surface area contributed by atoms with Gasteiger partial charge in [0.05, 0.1) is 0 Å². The SMILES string of the molecule is CCC(C)(C(=O)O)n1nnnc1Cc1ccc(Cl)cc1. The molecule has 1 unspecified atom stereocenters. The molecule has 0 radical (unpaired) electrons. The molecule has 7 heteroatoms. The highest BCUT2D eigenvalue weighted by Crippen LogP contribution is 2.22. The van der Waals surface area contributed by atoms with Crippen molar-refractivity contribution in [3.63, 3.8) is 0 Å². The lowest BCUT2D eigenvalue weighted by atomic mass is 9.99. The van der Waals surface area contributed by atoms with Gasteiger partial charge in [0.1, 0.15) is 0 Å². The van der Waals surface area contributed by atoms with Gasteiger partial charge >= 0.3 is 5.97 Å².